The van der Waals surface area contributed by atoms with Crippen LogP contribution in [0.1, 0.15) is 5.69 Å². The zero-order valence-corrected chi connectivity index (χ0v) is 6.71. The van der Waals surface area contributed by atoms with E-state index in [0.717, 1.165) is 11.2 Å². The van der Waals surface area contributed by atoms with E-state index in [1.54, 1.807) is 18.2 Å². The van der Waals surface area contributed by atoms with Crippen LogP contribution in [0.2, 0.25) is 0 Å². The summed E-state index contributed by atoms with van der Waals surface area (Å²) in [7, 11) is 0. The molecule has 0 aliphatic rings. The molecule has 1 heterocycles. The van der Waals surface area contributed by atoms with Crippen molar-refractivity contribution in [3.05, 3.63) is 35.8 Å². The molecule has 0 aliphatic carbocycles. The lowest BCUT2D eigenvalue weighted by Crippen LogP contribution is -2.08. The number of fused-ring (bicyclic) bond motifs is 1. The lowest BCUT2D eigenvalue weighted by Gasteiger charge is -1.97. The van der Waals surface area contributed by atoms with Crippen LogP contribution in [0.15, 0.2) is 24.3 Å². The third-order valence-corrected chi connectivity index (χ3v) is 2.02. The van der Waals surface area contributed by atoms with Crippen LogP contribution >= 0.6 is 0 Å². The minimum atomic E-state index is -0.222. The molecular formula is C9H9FN2. The van der Waals surface area contributed by atoms with E-state index < -0.39 is 0 Å². The van der Waals surface area contributed by atoms with Crippen LogP contribution in [0.25, 0.3) is 10.9 Å². The van der Waals surface area contributed by atoms with Gasteiger partial charge >= 0.3 is 0 Å². The van der Waals surface area contributed by atoms with Crippen molar-refractivity contribution in [1.29, 1.82) is 0 Å². The van der Waals surface area contributed by atoms with E-state index >= 15 is 0 Å². The smallest absolute Gasteiger partial charge is 0.132 e. The second kappa shape index (κ2) is 2.24. The number of rotatable bonds is 0. The number of hydrogen-bond donors (Lipinski definition) is 1. The maximum atomic E-state index is 13.1. The van der Waals surface area contributed by atoms with Crippen LogP contribution in [0.3, 0.4) is 0 Å². The van der Waals surface area contributed by atoms with Crippen molar-refractivity contribution in [2.75, 3.05) is 5.84 Å². The molecule has 0 fully saturated rings. The van der Waals surface area contributed by atoms with Gasteiger partial charge in [-0.3, -0.25) is 4.68 Å². The molecule has 3 heteroatoms. The minimum Gasteiger partial charge on any atom is -0.339 e. The summed E-state index contributed by atoms with van der Waals surface area (Å²) in [5.74, 6) is 5.43. The van der Waals surface area contributed by atoms with Crippen LogP contribution in [0.5, 0.6) is 0 Å². The van der Waals surface area contributed by atoms with Gasteiger partial charge in [0.25, 0.3) is 0 Å². The number of nitrogen functional groups attached to an aromatic ring is 1. The normalized spacial score (nSPS) is 10.8. The third kappa shape index (κ3) is 0.794. The zero-order chi connectivity index (χ0) is 8.72. The minimum absolute atomic E-state index is 0.222. The van der Waals surface area contributed by atoms with Crippen molar-refractivity contribution >= 4 is 10.9 Å². The Balaban J connectivity index is 2.95. The molecule has 1 aromatic carbocycles. The maximum Gasteiger partial charge on any atom is 0.132 e. The first-order chi connectivity index (χ1) is 5.70. The quantitative estimate of drug-likeness (QED) is 0.591. The highest BCUT2D eigenvalue weighted by molar-refractivity contribution is 5.81. The topological polar surface area (TPSA) is 30.9 Å². The van der Waals surface area contributed by atoms with Gasteiger partial charge in [0.2, 0.25) is 0 Å². The number of aryl methyl sites for hydroxylation is 1. The lowest BCUT2D eigenvalue weighted by molar-refractivity contribution is 0.640. The third-order valence-electron chi connectivity index (χ3n) is 2.02. The molecule has 2 rings (SSSR count). The molecule has 0 saturated carbocycles. The number of halogens is 1. The van der Waals surface area contributed by atoms with E-state index in [4.69, 9.17) is 5.84 Å². The van der Waals surface area contributed by atoms with Gasteiger partial charge in [-0.1, -0.05) is 6.07 Å². The van der Waals surface area contributed by atoms with Gasteiger partial charge in [-0.25, -0.2) is 4.39 Å². The predicted molar refractivity (Wildman–Crippen MR) is 46.8 cm³/mol. The fourth-order valence-corrected chi connectivity index (χ4v) is 1.35. The molecule has 2 aromatic rings. The monoisotopic (exact) mass is 164 g/mol. The fraction of sp³-hybridized carbons (Fsp3) is 0.111. The summed E-state index contributed by atoms with van der Waals surface area (Å²) in [5, 5.41) is 0.581. The Hall–Kier alpha value is -1.51. The molecule has 0 saturated heterocycles. The Morgan fingerprint density at radius 3 is 2.83 bits per heavy atom. The van der Waals surface area contributed by atoms with Crippen LogP contribution in [-0.2, 0) is 0 Å². The van der Waals surface area contributed by atoms with Crippen LogP contribution in [0.4, 0.5) is 4.39 Å². The fourth-order valence-electron chi connectivity index (χ4n) is 1.35. The maximum absolute atomic E-state index is 13.1. The first kappa shape index (κ1) is 7.16. The summed E-state index contributed by atoms with van der Waals surface area (Å²) in [4.78, 5) is 0. The van der Waals surface area contributed by atoms with E-state index in [0.29, 0.717) is 5.39 Å². The summed E-state index contributed by atoms with van der Waals surface area (Å²) in [5.41, 5.74) is 1.59. The van der Waals surface area contributed by atoms with Crippen molar-refractivity contribution in [3.63, 3.8) is 0 Å². The van der Waals surface area contributed by atoms with Crippen LogP contribution in [0, 0.1) is 12.7 Å². The van der Waals surface area contributed by atoms with E-state index in [2.05, 4.69) is 0 Å². The Morgan fingerprint density at radius 2 is 2.17 bits per heavy atom. The molecule has 0 atom stereocenters. The molecule has 0 unspecified atom stereocenters. The summed E-state index contributed by atoms with van der Waals surface area (Å²) >= 11 is 0. The van der Waals surface area contributed by atoms with Crippen molar-refractivity contribution in [2.45, 2.75) is 6.92 Å². The van der Waals surface area contributed by atoms with E-state index in [1.165, 1.54) is 10.7 Å². The van der Waals surface area contributed by atoms with Gasteiger partial charge in [-0.15, -0.1) is 0 Å². The van der Waals surface area contributed by atoms with Gasteiger partial charge < -0.3 is 5.84 Å². The van der Waals surface area contributed by atoms with Crippen molar-refractivity contribution in [2.24, 2.45) is 0 Å². The van der Waals surface area contributed by atoms with Crippen molar-refractivity contribution in [1.82, 2.24) is 4.68 Å². The van der Waals surface area contributed by atoms with Gasteiger partial charge in [0.15, 0.2) is 0 Å². The molecule has 2 N–H and O–H groups in total. The lowest BCUT2D eigenvalue weighted by atomic mass is 10.2. The highest BCUT2D eigenvalue weighted by Crippen LogP contribution is 2.19. The first-order valence-corrected chi connectivity index (χ1v) is 3.72. The number of benzene rings is 1. The molecular weight excluding hydrogens is 155 g/mol. The van der Waals surface area contributed by atoms with E-state index in [1.807, 2.05) is 6.92 Å². The largest absolute Gasteiger partial charge is 0.339 e. The molecule has 2 nitrogen and oxygen atoms in total. The molecule has 0 bridgehead atoms. The van der Waals surface area contributed by atoms with Crippen molar-refractivity contribution in [3.8, 4) is 0 Å². The molecule has 0 amide bonds. The zero-order valence-electron chi connectivity index (χ0n) is 6.71. The summed E-state index contributed by atoms with van der Waals surface area (Å²) in [6, 6.07) is 6.62. The molecule has 62 valence electrons. The van der Waals surface area contributed by atoms with Gasteiger partial charge in [0, 0.05) is 11.1 Å². The predicted octanol–water partition coefficient (Wildman–Crippen LogP) is 1.80. The number of aromatic nitrogens is 1. The number of hydrogen-bond acceptors (Lipinski definition) is 1. The Labute approximate surface area is 69.4 Å². The Kier molecular flexibility index (Phi) is 1.33. The molecule has 0 radical (unpaired) electrons. The standard InChI is InChI=1S/C9H9FN2/c1-6-5-7-8(10)3-2-4-9(7)12(6)11/h2-5H,11H2,1H3. The molecule has 0 spiro atoms. The second-order valence-electron chi connectivity index (χ2n) is 2.83. The SMILES string of the molecule is Cc1cc2c(F)cccc2n1N. The molecule has 12 heavy (non-hydrogen) atoms. The summed E-state index contributed by atoms with van der Waals surface area (Å²) in [6.45, 7) is 1.85. The van der Waals surface area contributed by atoms with Gasteiger partial charge in [-0.05, 0) is 25.1 Å². The Bertz CT molecular complexity index is 431. The number of nitrogens with zero attached hydrogens (tertiary/aromatic N) is 1. The average molecular weight is 164 g/mol. The van der Waals surface area contributed by atoms with E-state index in [-0.39, 0.29) is 5.82 Å². The van der Waals surface area contributed by atoms with Gasteiger partial charge in [0.05, 0.1) is 5.52 Å². The van der Waals surface area contributed by atoms with E-state index in [9.17, 15) is 4.39 Å². The summed E-state index contributed by atoms with van der Waals surface area (Å²) < 4.78 is 14.6. The first-order valence-electron chi connectivity index (χ1n) is 3.72. The van der Waals surface area contributed by atoms with Crippen LogP contribution in [-0.4, -0.2) is 4.68 Å². The summed E-state index contributed by atoms with van der Waals surface area (Å²) in [6.07, 6.45) is 0. The van der Waals surface area contributed by atoms with Crippen LogP contribution < -0.4 is 5.84 Å². The molecule has 1 aromatic heterocycles. The van der Waals surface area contributed by atoms with Gasteiger partial charge in [0.1, 0.15) is 5.82 Å². The molecule has 0 aliphatic heterocycles. The highest BCUT2D eigenvalue weighted by Gasteiger charge is 2.05. The average Bonchev–Trinajstić information content (AvgIpc) is 2.32. The highest BCUT2D eigenvalue weighted by atomic mass is 19.1. The number of nitrogens with two attached hydrogens (primary N) is 1. The van der Waals surface area contributed by atoms with Gasteiger partial charge in [-0.2, -0.15) is 0 Å². The second-order valence-corrected chi connectivity index (χ2v) is 2.83. The Morgan fingerprint density at radius 1 is 1.42 bits per heavy atom. The van der Waals surface area contributed by atoms with Crippen molar-refractivity contribution < 1.29 is 4.39 Å².